The number of nitrogens with two attached hydrogens (primary N) is 1. The summed E-state index contributed by atoms with van der Waals surface area (Å²) in [5, 5.41) is 0. The van der Waals surface area contributed by atoms with Crippen molar-refractivity contribution in [2.45, 2.75) is 32.9 Å². The van der Waals surface area contributed by atoms with E-state index in [1.54, 1.807) is 0 Å². The molecule has 64 valence electrons. The van der Waals surface area contributed by atoms with Crippen LogP contribution in [0.4, 0.5) is 0 Å². The SMILES string of the molecule is CC(N)C1=NC(C(C)C)CO1. The zero-order valence-corrected chi connectivity index (χ0v) is 7.37. The molecular formula is C8H16N2O. The second-order valence-corrected chi connectivity index (χ2v) is 3.38. The minimum Gasteiger partial charge on any atom is -0.478 e. The van der Waals surface area contributed by atoms with Crippen LogP contribution in [0.15, 0.2) is 4.99 Å². The van der Waals surface area contributed by atoms with Crippen LogP contribution in [0.1, 0.15) is 20.8 Å². The molecule has 0 aliphatic carbocycles. The fraction of sp³-hybridized carbons (Fsp3) is 0.875. The van der Waals surface area contributed by atoms with Crippen LogP contribution in [0.25, 0.3) is 0 Å². The highest BCUT2D eigenvalue weighted by molar-refractivity contribution is 5.82. The van der Waals surface area contributed by atoms with Gasteiger partial charge in [-0.05, 0) is 12.8 Å². The van der Waals surface area contributed by atoms with E-state index in [-0.39, 0.29) is 6.04 Å². The molecule has 2 atom stereocenters. The average molecular weight is 156 g/mol. The van der Waals surface area contributed by atoms with Crippen molar-refractivity contribution in [3.05, 3.63) is 0 Å². The van der Waals surface area contributed by atoms with Crippen molar-refractivity contribution < 1.29 is 4.74 Å². The molecule has 0 aromatic heterocycles. The predicted octanol–water partition coefficient (Wildman–Crippen LogP) is 0.787. The van der Waals surface area contributed by atoms with Crippen molar-refractivity contribution >= 4 is 5.90 Å². The van der Waals surface area contributed by atoms with Crippen LogP contribution >= 0.6 is 0 Å². The molecule has 2 N–H and O–H groups in total. The van der Waals surface area contributed by atoms with Crippen LogP contribution < -0.4 is 5.73 Å². The Morgan fingerprint density at radius 2 is 2.18 bits per heavy atom. The highest BCUT2D eigenvalue weighted by Crippen LogP contribution is 2.14. The van der Waals surface area contributed by atoms with Crippen LogP contribution in [0.3, 0.4) is 0 Å². The Kier molecular flexibility index (Phi) is 2.49. The minimum absolute atomic E-state index is 0.0567. The van der Waals surface area contributed by atoms with Gasteiger partial charge in [0.15, 0.2) is 0 Å². The Balaban J connectivity index is 2.54. The summed E-state index contributed by atoms with van der Waals surface area (Å²) < 4.78 is 5.31. The molecule has 1 aliphatic rings. The van der Waals surface area contributed by atoms with E-state index < -0.39 is 0 Å². The minimum atomic E-state index is -0.0567. The summed E-state index contributed by atoms with van der Waals surface area (Å²) in [6.07, 6.45) is 0. The second kappa shape index (κ2) is 3.22. The van der Waals surface area contributed by atoms with Gasteiger partial charge in [0.1, 0.15) is 6.61 Å². The molecule has 3 nitrogen and oxygen atoms in total. The van der Waals surface area contributed by atoms with Crippen molar-refractivity contribution in [3.8, 4) is 0 Å². The van der Waals surface area contributed by atoms with Crippen molar-refractivity contribution in [1.29, 1.82) is 0 Å². The summed E-state index contributed by atoms with van der Waals surface area (Å²) in [6.45, 7) is 6.87. The topological polar surface area (TPSA) is 47.6 Å². The molecular weight excluding hydrogens is 140 g/mol. The molecule has 3 heteroatoms. The first-order chi connectivity index (χ1) is 5.11. The molecule has 0 aromatic carbocycles. The molecule has 11 heavy (non-hydrogen) atoms. The number of ether oxygens (including phenoxy) is 1. The zero-order chi connectivity index (χ0) is 8.43. The van der Waals surface area contributed by atoms with E-state index in [4.69, 9.17) is 10.5 Å². The van der Waals surface area contributed by atoms with Gasteiger partial charge < -0.3 is 10.5 Å². The van der Waals surface area contributed by atoms with Crippen molar-refractivity contribution in [2.24, 2.45) is 16.6 Å². The third-order valence-corrected chi connectivity index (χ3v) is 1.85. The largest absolute Gasteiger partial charge is 0.478 e. The lowest BCUT2D eigenvalue weighted by atomic mass is 10.1. The van der Waals surface area contributed by atoms with Gasteiger partial charge in [0, 0.05) is 0 Å². The molecule has 0 saturated carbocycles. The lowest BCUT2D eigenvalue weighted by Crippen LogP contribution is -2.26. The molecule has 1 aliphatic heterocycles. The molecule has 0 spiro atoms. The molecule has 1 rings (SSSR count). The van der Waals surface area contributed by atoms with Crippen LogP contribution in [0.2, 0.25) is 0 Å². The van der Waals surface area contributed by atoms with Crippen molar-refractivity contribution in [2.75, 3.05) is 6.61 Å². The summed E-state index contributed by atoms with van der Waals surface area (Å²) in [4.78, 5) is 4.36. The van der Waals surface area contributed by atoms with Gasteiger partial charge in [-0.1, -0.05) is 13.8 Å². The number of aliphatic imine (C=N–C) groups is 1. The maximum Gasteiger partial charge on any atom is 0.200 e. The van der Waals surface area contributed by atoms with Gasteiger partial charge in [-0.25, -0.2) is 4.99 Å². The van der Waals surface area contributed by atoms with Crippen molar-refractivity contribution in [1.82, 2.24) is 0 Å². The Morgan fingerprint density at radius 3 is 2.45 bits per heavy atom. The molecule has 1 heterocycles. The van der Waals surface area contributed by atoms with E-state index in [1.807, 2.05) is 6.92 Å². The Labute approximate surface area is 67.6 Å². The normalized spacial score (nSPS) is 26.6. The van der Waals surface area contributed by atoms with Crippen LogP contribution in [-0.4, -0.2) is 24.6 Å². The van der Waals surface area contributed by atoms with Gasteiger partial charge in [0.2, 0.25) is 5.90 Å². The van der Waals surface area contributed by atoms with E-state index in [0.29, 0.717) is 24.5 Å². The molecule has 0 saturated heterocycles. The molecule has 0 amide bonds. The molecule has 2 unspecified atom stereocenters. The number of nitrogens with zero attached hydrogens (tertiary/aromatic N) is 1. The summed E-state index contributed by atoms with van der Waals surface area (Å²) in [5.41, 5.74) is 5.60. The third kappa shape index (κ3) is 1.93. The van der Waals surface area contributed by atoms with E-state index in [9.17, 15) is 0 Å². The zero-order valence-electron chi connectivity index (χ0n) is 7.37. The Morgan fingerprint density at radius 1 is 1.55 bits per heavy atom. The van der Waals surface area contributed by atoms with Gasteiger partial charge in [-0.15, -0.1) is 0 Å². The van der Waals surface area contributed by atoms with Gasteiger partial charge in [0.25, 0.3) is 0 Å². The van der Waals surface area contributed by atoms with E-state index in [2.05, 4.69) is 18.8 Å². The third-order valence-electron chi connectivity index (χ3n) is 1.85. The van der Waals surface area contributed by atoms with E-state index >= 15 is 0 Å². The first-order valence-electron chi connectivity index (χ1n) is 4.07. The summed E-state index contributed by atoms with van der Waals surface area (Å²) in [5.74, 6) is 1.26. The Bertz CT molecular complexity index is 163. The highest BCUT2D eigenvalue weighted by Gasteiger charge is 2.23. The molecule has 0 fully saturated rings. The van der Waals surface area contributed by atoms with Gasteiger partial charge >= 0.3 is 0 Å². The van der Waals surface area contributed by atoms with E-state index in [1.165, 1.54) is 0 Å². The number of hydrogen-bond donors (Lipinski definition) is 1. The van der Waals surface area contributed by atoms with Gasteiger partial charge in [-0.3, -0.25) is 0 Å². The monoisotopic (exact) mass is 156 g/mol. The lowest BCUT2D eigenvalue weighted by molar-refractivity contribution is 0.284. The fourth-order valence-electron chi connectivity index (χ4n) is 0.999. The summed E-state index contributed by atoms with van der Waals surface area (Å²) >= 11 is 0. The maximum absolute atomic E-state index is 5.60. The fourth-order valence-corrected chi connectivity index (χ4v) is 0.999. The van der Waals surface area contributed by atoms with E-state index in [0.717, 1.165) is 0 Å². The average Bonchev–Trinajstić information content (AvgIpc) is 2.33. The second-order valence-electron chi connectivity index (χ2n) is 3.38. The van der Waals surface area contributed by atoms with Crippen LogP contribution in [-0.2, 0) is 4.74 Å². The predicted molar refractivity (Wildman–Crippen MR) is 45.7 cm³/mol. The van der Waals surface area contributed by atoms with Gasteiger partial charge in [-0.2, -0.15) is 0 Å². The quantitative estimate of drug-likeness (QED) is 0.642. The molecule has 0 bridgehead atoms. The standard InChI is InChI=1S/C8H16N2O/c1-5(2)7-4-11-8(10-7)6(3)9/h5-7H,4,9H2,1-3H3. The van der Waals surface area contributed by atoms with Crippen LogP contribution in [0, 0.1) is 5.92 Å². The van der Waals surface area contributed by atoms with Crippen molar-refractivity contribution in [3.63, 3.8) is 0 Å². The summed E-state index contributed by atoms with van der Waals surface area (Å²) in [7, 11) is 0. The first kappa shape index (κ1) is 8.53. The number of hydrogen-bond acceptors (Lipinski definition) is 3. The smallest absolute Gasteiger partial charge is 0.200 e. The Hall–Kier alpha value is -0.570. The molecule has 0 radical (unpaired) electrons. The maximum atomic E-state index is 5.60. The highest BCUT2D eigenvalue weighted by atomic mass is 16.5. The first-order valence-corrected chi connectivity index (χ1v) is 4.07. The summed E-state index contributed by atoms with van der Waals surface area (Å²) in [6, 6.07) is 0.259. The van der Waals surface area contributed by atoms with Crippen LogP contribution in [0.5, 0.6) is 0 Å². The lowest BCUT2D eigenvalue weighted by Gasteiger charge is -2.06. The van der Waals surface area contributed by atoms with Gasteiger partial charge in [0.05, 0.1) is 12.1 Å². The number of rotatable bonds is 2. The molecule has 0 aromatic rings.